The lowest BCUT2D eigenvalue weighted by Gasteiger charge is -2.28. The largest absolute Gasteiger partial charge is 0.493 e. The molecule has 0 unspecified atom stereocenters. The van der Waals surface area contributed by atoms with E-state index >= 15 is 0 Å². The van der Waals surface area contributed by atoms with Crippen LogP contribution in [0.3, 0.4) is 0 Å². The van der Waals surface area contributed by atoms with Crippen molar-refractivity contribution in [3.05, 3.63) is 54.2 Å². The number of hydrogen-bond donors (Lipinski definition) is 1. The van der Waals surface area contributed by atoms with Crippen LogP contribution in [0.1, 0.15) is 18.9 Å². The van der Waals surface area contributed by atoms with E-state index in [0.717, 1.165) is 36.6 Å². The SMILES string of the molecule is CCOc1ccccc1C1=CCN(c2ccc(S(=O)(=O)NC)cn2)CC1. The van der Waals surface area contributed by atoms with Crippen molar-refractivity contribution in [1.29, 1.82) is 0 Å². The summed E-state index contributed by atoms with van der Waals surface area (Å²) in [4.78, 5) is 6.61. The molecule has 1 N–H and O–H groups in total. The molecule has 0 aliphatic carbocycles. The average molecular weight is 373 g/mol. The highest BCUT2D eigenvalue weighted by atomic mass is 32.2. The quantitative estimate of drug-likeness (QED) is 0.843. The van der Waals surface area contributed by atoms with E-state index in [1.54, 1.807) is 12.1 Å². The molecule has 0 fully saturated rings. The van der Waals surface area contributed by atoms with Gasteiger partial charge in [0.15, 0.2) is 0 Å². The van der Waals surface area contributed by atoms with Crippen molar-refractivity contribution in [3.63, 3.8) is 0 Å². The Labute approximate surface area is 154 Å². The summed E-state index contributed by atoms with van der Waals surface area (Å²) in [5.74, 6) is 1.68. The van der Waals surface area contributed by atoms with E-state index in [4.69, 9.17) is 4.74 Å². The van der Waals surface area contributed by atoms with Crippen LogP contribution in [-0.2, 0) is 10.0 Å². The van der Waals surface area contributed by atoms with Crippen molar-refractivity contribution in [2.45, 2.75) is 18.2 Å². The zero-order valence-corrected chi connectivity index (χ0v) is 15.8. The Hall–Kier alpha value is -2.38. The summed E-state index contributed by atoms with van der Waals surface area (Å²) < 4.78 is 31.6. The van der Waals surface area contributed by atoms with Gasteiger partial charge in [-0.15, -0.1) is 0 Å². The molecule has 1 aliphatic rings. The first-order valence-electron chi connectivity index (χ1n) is 8.61. The molecular weight excluding hydrogens is 350 g/mol. The molecular formula is C19H23N3O3S. The van der Waals surface area contributed by atoms with Gasteiger partial charge in [0.2, 0.25) is 10.0 Å². The van der Waals surface area contributed by atoms with E-state index in [1.807, 2.05) is 25.1 Å². The van der Waals surface area contributed by atoms with Crippen LogP contribution in [0.15, 0.2) is 53.6 Å². The van der Waals surface area contributed by atoms with Crippen molar-refractivity contribution in [3.8, 4) is 5.75 Å². The minimum absolute atomic E-state index is 0.169. The van der Waals surface area contributed by atoms with Gasteiger partial charge in [-0.2, -0.15) is 0 Å². The van der Waals surface area contributed by atoms with Gasteiger partial charge in [0.25, 0.3) is 0 Å². The zero-order chi connectivity index (χ0) is 18.6. The summed E-state index contributed by atoms with van der Waals surface area (Å²) in [7, 11) is -2.07. The van der Waals surface area contributed by atoms with E-state index in [2.05, 4.69) is 26.7 Å². The summed E-state index contributed by atoms with van der Waals surface area (Å²) in [6.45, 7) is 4.16. The standard InChI is InChI=1S/C19H23N3O3S/c1-3-25-18-7-5-4-6-17(18)15-10-12-22(13-11-15)19-9-8-16(14-21-19)26(23,24)20-2/h4-10,14,20H,3,11-13H2,1-2H3. The Balaban J connectivity index is 1.76. The monoisotopic (exact) mass is 373 g/mol. The molecule has 1 aromatic heterocycles. The number of rotatable bonds is 6. The van der Waals surface area contributed by atoms with Crippen molar-refractivity contribution < 1.29 is 13.2 Å². The van der Waals surface area contributed by atoms with Crippen LogP contribution in [-0.4, -0.2) is 40.1 Å². The van der Waals surface area contributed by atoms with E-state index in [-0.39, 0.29) is 4.90 Å². The summed E-state index contributed by atoms with van der Waals surface area (Å²) >= 11 is 0. The summed E-state index contributed by atoms with van der Waals surface area (Å²) in [5.41, 5.74) is 2.40. The summed E-state index contributed by atoms with van der Waals surface area (Å²) in [6, 6.07) is 11.4. The first kappa shape index (κ1) is 18.4. The minimum Gasteiger partial charge on any atom is -0.493 e. The summed E-state index contributed by atoms with van der Waals surface area (Å²) in [6.07, 6.45) is 4.45. The maximum atomic E-state index is 11.8. The Kier molecular flexibility index (Phi) is 5.58. The molecule has 1 aromatic carbocycles. The lowest BCUT2D eigenvalue weighted by molar-refractivity contribution is 0.339. The first-order chi connectivity index (χ1) is 12.5. The van der Waals surface area contributed by atoms with E-state index in [9.17, 15) is 8.42 Å². The molecule has 6 nitrogen and oxygen atoms in total. The maximum absolute atomic E-state index is 11.8. The predicted octanol–water partition coefficient (Wildman–Crippen LogP) is 2.68. The topological polar surface area (TPSA) is 71.5 Å². The van der Waals surface area contributed by atoms with Gasteiger partial charge in [0.05, 0.1) is 6.61 Å². The lowest BCUT2D eigenvalue weighted by atomic mass is 9.98. The van der Waals surface area contributed by atoms with E-state index in [1.165, 1.54) is 18.8 Å². The molecule has 2 heterocycles. The highest BCUT2D eigenvalue weighted by Gasteiger charge is 2.18. The second-order valence-electron chi connectivity index (χ2n) is 5.91. The third kappa shape index (κ3) is 3.89. The maximum Gasteiger partial charge on any atom is 0.241 e. The van der Waals surface area contributed by atoms with Gasteiger partial charge in [-0.05, 0) is 44.2 Å². The highest BCUT2D eigenvalue weighted by Crippen LogP contribution is 2.31. The number of benzene rings is 1. The molecule has 0 bridgehead atoms. The van der Waals surface area contributed by atoms with Crippen molar-refractivity contribution in [1.82, 2.24) is 9.71 Å². The van der Waals surface area contributed by atoms with Crippen molar-refractivity contribution in [2.75, 3.05) is 31.6 Å². The number of ether oxygens (including phenoxy) is 1. The fourth-order valence-electron chi connectivity index (χ4n) is 2.97. The number of pyridine rings is 1. The van der Waals surface area contributed by atoms with Crippen LogP contribution in [0.25, 0.3) is 5.57 Å². The number of aromatic nitrogens is 1. The fraction of sp³-hybridized carbons (Fsp3) is 0.316. The lowest BCUT2D eigenvalue weighted by Crippen LogP contribution is -2.29. The van der Waals surface area contributed by atoms with Gasteiger partial charge in [-0.3, -0.25) is 0 Å². The number of hydrogen-bond acceptors (Lipinski definition) is 5. The Morgan fingerprint density at radius 1 is 1.23 bits per heavy atom. The third-order valence-electron chi connectivity index (χ3n) is 4.37. The smallest absolute Gasteiger partial charge is 0.241 e. The van der Waals surface area contributed by atoms with Crippen LogP contribution in [0, 0.1) is 0 Å². The Morgan fingerprint density at radius 3 is 2.65 bits per heavy atom. The van der Waals surface area contributed by atoms with Crippen LogP contribution in [0.4, 0.5) is 5.82 Å². The molecule has 2 aromatic rings. The van der Waals surface area contributed by atoms with Crippen LogP contribution in [0.2, 0.25) is 0 Å². The average Bonchev–Trinajstić information content (AvgIpc) is 2.69. The summed E-state index contributed by atoms with van der Waals surface area (Å²) in [5, 5.41) is 0. The van der Waals surface area contributed by atoms with E-state index in [0.29, 0.717) is 6.61 Å². The normalized spacial score (nSPS) is 14.8. The fourth-order valence-corrected chi connectivity index (χ4v) is 3.65. The first-order valence-corrected chi connectivity index (χ1v) is 10.1. The van der Waals surface area contributed by atoms with Gasteiger partial charge in [0.1, 0.15) is 16.5 Å². The van der Waals surface area contributed by atoms with E-state index < -0.39 is 10.0 Å². The second-order valence-corrected chi connectivity index (χ2v) is 7.80. The van der Waals surface area contributed by atoms with Crippen LogP contribution in [0.5, 0.6) is 5.75 Å². The highest BCUT2D eigenvalue weighted by molar-refractivity contribution is 7.89. The molecule has 0 radical (unpaired) electrons. The molecule has 0 saturated heterocycles. The molecule has 0 amide bonds. The molecule has 26 heavy (non-hydrogen) atoms. The van der Waals surface area contributed by atoms with Crippen molar-refractivity contribution in [2.24, 2.45) is 0 Å². The minimum atomic E-state index is -3.46. The second kappa shape index (κ2) is 7.88. The number of sulfonamides is 1. The Bertz CT molecular complexity index is 893. The molecule has 0 atom stereocenters. The van der Waals surface area contributed by atoms with Gasteiger partial charge in [0, 0.05) is 24.8 Å². The molecule has 7 heteroatoms. The zero-order valence-electron chi connectivity index (χ0n) is 15.0. The number of anilines is 1. The number of nitrogens with one attached hydrogen (secondary N) is 1. The molecule has 1 aliphatic heterocycles. The molecule has 138 valence electrons. The number of para-hydroxylation sites is 1. The third-order valence-corrected chi connectivity index (χ3v) is 5.77. The predicted molar refractivity (Wildman–Crippen MR) is 103 cm³/mol. The van der Waals surface area contributed by atoms with Gasteiger partial charge < -0.3 is 9.64 Å². The van der Waals surface area contributed by atoms with Gasteiger partial charge >= 0.3 is 0 Å². The van der Waals surface area contributed by atoms with Crippen LogP contribution >= 0.6 is 0 Å². The van der Waals surface area contributed by atoms with Gasteiger partial charge in [-0.1, -0.05) is 24.3 Å². The number of nitrogens with zero attached hydrogens (tertiary/aromatic N) is 2. The van der Waals surface area contributed by atoms with Crippen molar-refractivity contribution >= 4 is 21.4 Å². The Morgan fingerprint density at radius 2 is 2.04 bits per heavy atom. The van der Waals surface area contributed by atoms with Crippen LogP contribution < -0.4 is 14.4 Å². The molecule has 3 rings (SSSR count). The molecule has 0 saturated carbocycles. The van der Waals surface area contributed by atoms with Gasteiger partial charge in [-0.25, -0.2) is 18.1 Å². The molecule has 0 spiro atoms.